The van der Waals surface area contributed by atoms with Gasteiger partial charge in [0.15, 0.2) is 0 Å². The number of hydrogen-bond donors (Lipinski definition) is 1. The third-order valence-corrected chi connectivity index (χ3v) is 2.97. The first-order valence-corrected chi connectivity index (χ1v) is 5.89. The van der Waals surface area contributed by atoms with Crippen molar-refractivity contribution in [3.63, 3.8) is 0 Å². The Kier molecular flexibility index (Phi) is 4.65. The highest BCUT2D eigenvalue weighted by Gasteiger charge is 2.28. The Hall–Kier alpha value is -0.940. The SMILES string of the molecule is C/C(=C\c1ccc(SC(F)(F)F)cc1)C(C)N. The van der Waals surface area contributed by atoms with Crippen LogP contribution in [0.2, 0.25) is 0 Å². The number of thioether (sulfide) groups is 1. The van der Waals surface area contributed by atoms with E-state index in [2.05, 4.69) is 0 Å². The van der Waals surface area contributed by atoms with Crippen molar-refractivity contribution in [2.45, 2.75) is 30.3 Å². The molecular weight excluding hydrogens is 247 g/mol. The highest BCUT2D eigenvalue weighted by Crippen LogP contribution is 2.36. The van der Waals surface area contributed by atoms with Crippen molar-refractivity contribution >= 4 is 17.8 Å². The normalized spacial score (nSPS) is 14.8. The van der Waals surface area contributed by atoms with Crippen molar-refractivity contribution in [3.8, 4) is 0 Å². The minimum Gasteiger partial charge on any atom is -0.324 e. The van der Waals surface area contributed by atoms with Crippen LogP contribution in [-0.4, -0.2) is 11.6 Å². The smallest absolute Gasteiger partial charge is 0.324 e. The van der Waals surface area contributed by atoms with Crippen molar-refractivity contribution in [3.05, 3.63) is 35.4 Å². The molecule has 0 aromatic heterocycles. The highest BCUT2D eigenvalue weighted by atomic mass is 32.2. The van der Waals surface area contributed by atoms with Crippen molar-refractivity contribution in [2.75, 3.05) is 0 Å². The molecule has 0 saturated carbocycles. The minimum absolute atomic E-state index is 0.0563. The predicted molar refractivity (Wildman–Crippen MR) is 65.7 cm³/mol. The fraction of sp³-hybridized carbons (Fsp3) is 0.333. The summed E-state index contributed by atoms with van der Waals surface area (Å²) in [5, 5.41) is 0. The lowest BCUT2D eigenvalue weighted by Crippen LogP contribution is -2.15. The molecule has 1 aromatic carbocycles. The minimum atomic E-state index is -4.24. The number of halogens is 3. The molecule has 17 heavy (non-hydrogen) atoms. The lowest BCUT2D eigenvalue weighted by molar-refractivity contribution is -0.0328. The Morgan fingerprint density at radius 3 is 2.24 bits per heavy atom. The number of rotatable bonds is 3. The van der Waals surface area contributed by atoms with E-state index >= 15 is 0 Å². The molecular formula is C12H14F3NS. The molecule has 0 bridgehead atoms. The standard InChI is InChI=1S/C12H14F3NS/c1-8(9(2)16)7-10-3-5-11(6-4-10)17-12(13,14)15/h3-7,9H,16H2,1-2H3/b8-7+. The van der Waals surface area contributed by atoms with Crippen LogP contribution in [0.1, 0.15) is 19.4 Å². The van der Waals surface area contributed by atoms with Gasteiger partial charge in [0.2, 0.25) is 0 Å². The highest BCUT2D eigenvalue weighted by molar-refractivity contribution is 8.00. The van der Waals surface area contributed by atoms with Gasteiger partial charge >= 0.3 is 5.51 Å². The molecule has 1 unspecified atom stereocenters. The van der Waals surface area contributed by atoms with Gasteiger partial charge in [-0.1, -0.05) is 23.8 Å². The average Bonchev–Trinajstić information content (AvgIpc) is 2.18. The summed E-state index contributed by atoms with van der Waals surface area (Å²) in [4.78, 5) is 0.188. The number of alkyl halides is 3. The molecule has 2 N–H and O–H groups in total. The van der Waals surface area contributed by atoms with Crippen LogP contribution in [0.5, 0.6) is 0 Å². The topological polar surface area (TPSA) is 26.0 Å². The Balaban J connectivity index is 2.79. The van der Waals surface area contributed by atoms with Crippen LogP contribution >= 0.6 is 11.8 Å². The van der Waals surface area contributed by atoms with Gasteiger partial charge in [-0.2, -0.15) is 13.2 Å². The van der Waals surface area contributed by atoms with Gasteiger partial charge in [-0.3, -0.25) is 0 Å². The van der Waals surface area contributed by atoms with Crippen LogP contribution in [0.25, 0.3) is 6.08 Å². The largest absolute Gasteiger partial charge is 0.446 e. The molecule has 1 atom stereocenters. The Morgan fingerprint density at radius 1 is 1.29 bits per heavy atom. The van der Waals surface area contributed by atoms with Crippen LogP contribution in [0, 0.1) is 0 Å². The summed E-state index contributed by atoms with van der Waals surface area (Å²) in [6, 6.07) is 6.16. The zero-order valence-corrected chi connectivity index (χ0v) is 10.4. The molecule has 0 aliphatic carbocycles. The summed E-state index contributed by atoms with van der Waals surface area (Å²) in [6.45, 7) is 3.75. The second-order valence-corrected chi connectivity index (χ2v) is 4.93. The first-order valence-electron chi connectivity index (χ1n) is 5.07. The van der Waals surface area contributed by atoms with Gasteiger partial charge in [0.25, 0.3) is 0 Å². The van der Waals surface area contributed by atoms with Gasteiger partial charge in [-0.15, -0.1) is 0 Å². The summed E-state index contributed by atoms with van der Waals surface area (Å²) in [5.41, 5.74) is 3.28. The fourth-order valence-electron chi connectivity index (χ4n) is 1.16. The van der Waals surface area contributed by atoms with E-state index in [0.29, 0.717) is 0 Å². The second kappa shape index (κ2) is 5.60. The third-order valence-electron chi connectivity index (χ3n) is 2.23. The van der Waals surface area contributed by atoms with E-state index in [1.807, 2.05) is 19.9 Å². The number of hydrogen-bond acceptors (Lipinski definition) is 2. The number of benzene rings is 1. The Labute approximate surface area is 103 Å². The van der Waals surface area contributed by atoms with E-state index < -0.39 is 5.51 Å². The van der Waals surface area contributed by atoms with Gasteiger partial charge in [0.05, 0.1) is 0 Å². The lowest BCUT2D eigenvalue weighted by Gasteiger charge is -2.07. The summed E-state index contributed by atoms with van der Waals surface area (Å²) in [5.74, 6) is 0. The van der Waals surface area contributed by atoms with Crippen LogP contribution in [-0.2, 0) is 0 Å². The molecule has 1 rings (SSSR count). The van der Waals surface area contributed by atoms with E-state index in [1.54, 1.807) is 12.1 Å². The van der Waals surface area contributed by atoms with Crippen LogP contribution < -0.4 is 5.73 Å². The zero-order chi connectivity index (χ0) is 13.1. The number of nitrogens with two attached hydrogens (primary N) is 1. The molecule has 0 amide bonds. The van der Waals surface area contributed by atoms with E-state index in [-0.39, 0.29) is 22.7 Å². The molecule has 0 fully saturated rings. The van der Waals surface area contributed by atoms with Crippen molar-refractivity contribution < 1.29 is 13.2 Å². The van der Waals surface area contributed by atoms with Crippen molar-refractivity contribution in [1.82, 2.24) is 0 Å². The summed E-state index contributed by atoms with van der Waals surface area (Å²) in [7, 11) is 0. The summed E-state index contributed by atoms with van der Waals surface area (Å²) < 4.78 is 36.3. The summed E-state index contributed by atoms with van der Waals surface area (Å²) in [6.07, 6.45) is 1.87. The van der Waals surface area contributed by atoms with Gasteiger partial charge in [0.1, 0.15) is 0 Å². The molecule has 0 aliphatic rings. The van der Waals surface area contributed by atoms with E-state index in [9.17, 15) is 13.2 Å². The first-order chi connectivity index (χ1) is 7.78. The van der Waals surface area contributed by atoms with Gasteiger partial charge < -0.3 is 5.73 Å². The quantitative estimate of drug-likeness (QED) is 0.831. The second-order valence-electron chi connectivity index (χ2n) is 3.79. The van der Waals surface area contributed by atoms with E-state index in [4.69, 9.17) is 5.73 Å². The first kappa shape index (κ1) is 14.1. The zero-order valence-electron chi connectivity index (χ0n) is 9.58. The maximum absolute atomic E-state index is 12.1. The molecule has 0 saturated heterocycles. The monoisotopic (exact) mass is 261 g/mol. The Bertz CT molecular complexity index is 393. The van der Waals surface area contributed by atoms with Crippen molar-refractivity contribution in [1.29, 1.82) is 0 Å². The van der Waals surface area contributed by atoms with E-state index in [1.165, 1.54) is 12.1 Å². The molecule has 0 aliphatic heterocycles. The molecule has 0 radical (unpaired) electrons. The average molecular weight is 261 g/mol. The summed E-state index contributed by atoms with van der Waals surface area (Å²) >= 11 is -0.111. The van der Waals surface area contributed by atoms with E-state index in [0.717, 1.165) is 11.1 Å². The molecule has 94 valence electrons. The fourth-order valence-corrected chi connectivity index (χ4v) is 1.70. The van der Waals surface area contributed by atoms with Gasteiger partial charge in [-0.25, -0.2) is 0 Å². The van der Waals surface area contributed by atoms with Gasteiger partial charge in [-0.05, 0) is 43.3 Å². The van der Waals surface area contributed by atoms with Crippen LogP contribution in [0.15, 0.2) is 34.7 Å². The molecule has 5 heteroatoms. The van der Waals surface area contributed by atoms with Crippen LogP contribution in [0.4, 0.5) is 13.2 Å². The molecule has 0 spiro atoms. The van der Waals surface area contributed by atoms with Crippen LogP contribution in [0.3, 0.4) is 0 Å². The molecule has 1 nitrogen and oxygen atoms in total. The third kappa shape index (κ3) is 5.28. The molecule has 0 heterocycles. The lowest BCUT2D eigenvalue weighted by atomic mass is 10.1. The maximum atomic E-state index is 12.1. The predicted octanol–water partition coefficient (Wildman–Crippen LogP) is 4.05. The maximum Gasteiger partial charge on any atom is 0.446 e. The Morgan fingerprint density at radius 2 is 1.82 bits per heavy atom. The van der Waals surface area contributed by atoms with Crippen molar-refractivity contribution in [2.24, 2.45) is 5.73 Å². The molecule has 1 aromatic rings. The van der Waals surface area contributed by atoms with Gasteiger partial charge in [0, 0.05) is 10.9 Å².